The Hall–Kier alpha value is -8.88. The lowest BCUT2D eigenvalue weighted by Gasteiger charge is -2.14. The van der Waals surface area contributed by atoms with Gasteiger partial charge in [-0.2, -0.15) is 0 Å². The van der Waals surface area contributed by atoms with Crippen LogP contribution in [0.4, 0.5) is 0 Å². The molecule has 0 saturated carbocycles. The molecular weight excluding hydrogens is 873 g/mol. The molecule has 0 aliphatic rings. The molecule has 0 heterocycles. The smallest absolute Gasteiger partial charge is 0.338 e. The Balaban J connectivity index is 0.000000261. The van der Waals surface area contributed by atoms with Gasteiger partial charge in [-0.05, 0) is 169 Å². The molecule has 6 rings (SSSR count). The maximum absolute atomic E-state index is 12.0. The van der Waals surface area contributed by atoms with Gasteiger partial charge in [0.05, 0.1) is 0 Å². The number of carbonyl (C=O) groups excluding carboxylic acids is 4. The largest absolute Gasteiger partial charge is 0.423 e. The number of allylic oxidation sites excluding steroid dienone is 2. The van der Waals surface area contributed by atoms with Crippen molar-refractivity contribution < 1.29 is 38.1 Å². The standard InChI is InChI=1S/C32H30O4.C30H26O4/c1-19(2)27-17-25(13-15-29(27)35-31(33)21(5)6)23-9-11-24(12-10-23)26-14-16-30(28(18-26)20(3)4)36-32(34)22(7)8;1-7-21-17-28(24-11-15-26(16-12-24)34-30(32)20(5)6)22(8-2)18-27(21)23-9-13-25(14-10-23)33-29(31)19(3)4/h9-18H,1,3,5,7H2,2,4,6,8H3;7-18H,1-3,5H2,4,6H3. The zero-order valence-corrected chi connectivity index (χ0v) is 40.6. The average Bonchev–Trinajstić information content (AvgIpc) is 3.34. The van der Waals surface area contributed by atoms with Crippen molar-refractivity contribution >= 4 is 47.2 Å². The first kappa shape index (κ1) is 52.1. The average molecular weight is 929 g/mol. The quantitative estimate of drug-likeness (QED) is 0.0537. The van der Waals surface area contributed by atoms with E-state index in [2.05, 4.69) is 52.6 Å². The van der Waals surface area contributed by atoms with Crippen LogP contribution in [-0.4, -0.2) is 23.9 Å². The van der Waals surface area contributed by atoms with Crippen molar-refractivity contribution in [3.63, 3.8) is 0 Å². The Morgan fingerprint density at radius 1 is 0.357 bits per heavy atom. The normalized spacial score (nSPS) is 10.3. The summed E-state index contributed by atoms with van der Waals surface area (Å²) in [5.74, 6) is -0.0501. The molecule has 8 heteroatoms. The third-order valence-electron chi connectivity index (χ3n) is 10.6. The monoisotopic (exact) mass is 928 g/mol. The minimum absolute atomic E-state index is 0.333. The van der Waals surface area contributed by atoms with E-state index in [1.54, 1.807) is 76.2 Å². The summed E-state index contributed by atoms with van der Waals surface area (Å²) in [4.78, 5) is 47.5. The van der Waals surface area contributed by atoms with Gasteiger partial charge >= 0.3 is 23.9 Å². The van der Waals surface area contributed by atoms with Crippen molar-refractivity contribution in [1.82, 2.24) is 0 Å². The SMILES string of the molecule is C=C(C)C(=O)Oc1ccc(-c2ccc(-c3ccc(OC(=O)C(=C)C)c(C(=C)C)c3)cc2)cc1C(=C)C.C=Cc1cc(-c2ccc(OC(=O)C(=C)C)cc2)c(C=C)cc1-c1ccc(OC(=O)C(=C)C)cc1. The number of benzene rings is 6. The van der Waals surface area contributed by atoms with E-state index in [-0.39, 0.29) is 0 Å². The molecule has 6 aromatic carbocycles. The lowest BCUT2D eigenvalue weighted by Crippen LogP contribution is -2.09. The first-order valence-corrected chi connectivity index (χ1v) is 22.1. The summed E-state index contributed by atoms with van der Waals surface area (Å²) in [6, 6.07) is 38.0. The van der Waals surface area contributed by atoms with Gasteiger partial charge in [0.25, 0.3) is 0 Å². The predicted molar refractivity (Wildman–Crippen MR) is 286 cm³/mol. The molecule has 0 aromatic heterocycles. The van der Waals surface area contributed by atoms with Crippen molar-refractivity contribution in [3.8, 4) is 67.5 Å². The first-order chi connectivity index (χ1) is 33.2. The van der Waals surface area contributed by atoms with E-state index < -0.39 is 23.9 Å². The van der Waals surface area contributed by atoms with Crippen LogP contribution >= 0.6 is 0 Å². The second kappa shape index (κ2) is 23.2. The third kappa shape index (κ3) is 13.2. The molecule has 0 aliphatic carbocycles. The van der Waals surface area contributed by atoms with E-state index in [4.69, 9.17) is 18.9 Å². The van der Waals surface area contributed by atoms with Crippen molar-refractivity contribution in [3.05, 3.63) is 219 Å². The molecule has 0 spiro atoms. The number of hydrogen-bond donors (Lipinski definition) is 0. The predicted octanol–water partition coefficient (Wildman–Crippen LogP) is 15.3. The molecule has 0 saturated heterocycles. The first-order valence-electron chi connectivity index (χ1n) is 22.1. The summed E-state index contributed by atoms with van der Waals surface area (Å²) in [5, 5.41) is 0. The minimum Gasteiger partial charge on any atom is -0.423 e. The molecule has 0 radical (unpaired) electrons. The van der Waals surface area contributed by atoms with Gasteiger partial charge in [0.15, 0.2) is 0 Å². The molecule has 0 atom stereocenters. The molecule has 0 aliphatic heterocycles. The highest BCUT2D eigenvalue weighted by Crippen LogP contribution is 2.37. The van der Waals surface area contributed by atoms with Gasteiger partial charge in [0, 0.05) is 33.4 Å². The van der Waals surface area contributed by atoms with E-state index >= 15 is 0 Å². The van der Waals surface area contributed by atoms with Crippen LogP contribution < -0.4 is 18.9 Å². The summed E-state index contributed by atoms with van der Waals surface area (Å²) < 4.78 is 21.5. The van der Waals surface area contributed by atoms with Crippen LogP contribution in [0.2, 0.25) is 0 Å². The molecule has 6 aromatic rings. The Labute approximate surface area is 411 Å². The van der Waals surface area contributed by atoms with Gasteiger partial charge in [-0.3, -0.25) is 0 Å². The maximum atomic E-state index is 12.0. The van der Waals surface area contributed by atoms with E-state index in [1.165, 1.54) is 0 Å². The number of hydrogen-bond acceptors (Lipinski definition) is 8. The van der Waals surface area contributed by atoms with Crippen LogP contribution in [0.15, 0.2) is 196 Å². The summed E-state index contributed by atoms with van der Waals surface area (Å²) in [6.45, 7) is 40.6. The van der Waals surface area contributed by atoms with Crippen molar-refractivity contribution in [2.75, 3.05) is 0 Å². The second-order valence-electron chi connectivity index (χ2n) is 16.7. The van der Waals surface area contributed by atoms with Gasteiger partial charge in [-0.1, -0.05) is 125 Å². The van der Waals surface area contributed by atoms with E-state index in [0.717, 1.165) is 77.9 Å². The van der Waals surface area contributed by atoms with E-state index in [1.807, 2.05) is 98.8 Å². The zero-order chi connectivity index (χ0) is 51.4. The molecule has 70 heavy (non-hydrogen) atoms. The molecule has 0 bridgehead atoms. The molecular formula is C62H56O8. The van der Waals surface area contributed by atoms with Crippen LogP contribution in [0.25, 0.3) is 67.8 Å². The van der Waals surface area contributed by atoms with E-state index in [9.17, 15) is 19.2 Å². The van der Waals surface area contributed by atoms with Crippen molar-refractivity contribution in [1.29, 1.82) is 0 Å². The Kier molecular flexibility index (Phi) is 17.3. The van der Waals surface area contributed by atoms with Gasteiger partial charge in [0.2, 0.25) is 0 Å². The van der Waals surface area contributed by atoms with Gasteiger partial charge in [-0.25, -0.2) is 19.2 Å². The van der Waals surface area contributed by atoms with Crippen LogP contribution in [0, 0.1) is 0 Å². The topological polar surface area (TPSA) is 105 Å². The summed E-state index contributed by atoms with van der Waals surface area (Å²) >= 11 is 0. The molecule has 0 fully saturated rings. The number of ether oxygens (including phenoxy) is 4. The Bertz CT molecular complexity index is 2910. The lowest BCUT2D eigenvalue weighted by molar-refractivity contribution is -0.130. The van der Waals surface area contributed by atoms with Crippen molar-refractivity contribution in [2.24, 2.45) is 0 Å². The van der Waals surface area contributed by atoms with E-state index in [0.29, 0.717) is 45.3 Å². The fourth-order valence-corrected chi connectivity index (χ4v) is 6.76. The summed E-state index contributed by atoms with van der Waals surface area (Å²) in [6.07, 6.45) is 3.59. The highest BCUT2D eigenvalue weighted by molar-refractivity contribution is 5.92. The third-order valence-corrected chi connectivity index (χ3v) is 10.6. The fraction of sp³-hybridized carbons (Fsp3) is 0.0968. The van der Waals surface area contributed by atoms with Gasteiger partial charge in [0.1, 0.15) is 23.0 Å². The minimum atomic E-state index is -0.468. The molecule has 0 N–H and O–H groups in total. The van der Waals surface area contributed by atoms with Crippen LogP contribution in [0.1, 0.15) is 63.8 Å². The number of esters is 4. The number of rotatable bonds is 16. The van der Waals surface area contributed by atoms with Crippen LogP contribution in [0.5, 0.6) is 23.0 Å². The molecule has 0 amide bonds. The zero-order valence-electron chi connectivity index (χ0n) is 40.6. The molecule has 0 unspecified atom stereocenters. The fourth-order valence-electron chi connectivity index (χ4n) is 6.76. The van der Waals surface area contributed by atoms with Crippen LogP contribution in [-0.2, 0) is 19.2 Å². The maximum Gasteiger partial charge on any atom is 0.338 e. The van der Waals surface area contributed by atoms with Gasteiger partial charge < -0.3 is 18.9 Å². The summed E-state index contributed by atoms with van der Waals surface area (Å²) in [5.41, 5.74) is 14.1. The highest BCUT2D eigenvalue weighted by atomic mass is 16.5. The van der Waals surface area contributed by atoms with Crippen molar-refractivity contribution in [2.45, 2.75) is 41.5 Å². The number of carbonyl (C=O) groups is 4. The van der Waals surface area contributed by atoms with Gasteiger partial charge in [-0.15, -0.1) is 0 Å². The Morgan fingerprint density at radius 3 is 0.900 bits per heavy atom. The highest BCUT2D eigenvalue weighted by Gasteiger charge is 2.16. The summed E-state index contributed by atoms with van der Waals surface area (Å²) in [7, 11) is 0. The second-order valence-corrected chi connectivity index (χ2v) is 16.7. The molecule has 352 valence electrons. The lowest BCUT2D eigenvalue weighted by atomic mass is 9.90. The van der Waals surface area contributed by atoms with Crippen LogP contribution in [0.3, 0.4) is 0 Å². The Morgan fingerprint density at radius 2 is 0.629 bits per heavy atom. The molecule has 8 nitrogen and oxygen atoms in total.